The Morgan fingerprint density at radius 3 is 2.26 bits per heavy atom. The Balaban J connectivity index is 2.16. The topological polar surface area (TPSA) is 108 Å². The smallest absolute Gasteiger partial charge is 0.341 e. The minimum Gasteiger partial charge on any atom is -0.462 e. The molecule has 0 fully saturated rings. The Morgan fingerprint density at radius 2 is 1.65 bits per heavy atom. The average Bonchev–Trinajstić information content (AvgIpc) is 3.14. The molecule has 3 aromatic rings. The number of esters is 1. The van der Waals surface area contributed by atoms with E-state index in [0.717, 1.165) is 11.3 Å². The second kappa shape index (κ2) is 10.2. The lowest BCUT2D eigenvalue weighted by Gasteiger charge is -2.09. The number of rotatable bonds is 7. The van der Waals surface area contributed by atoms with Gasteiger partial charge in [-0.3, -0.25) is 9.59 Å². The second-order valence-electron chi connectivity index (χ2n) is 6.30. The first-order valence-corrected chi connectivity index (χ1v) is 10.3. The van der Waals surface area contributed by atoms with E-state index in [9.17, 15) is 14.4 Å². The van der Waals surface area contributed by atoms with Gasteiger partial charge in [-0.05, 0) is 24.6 Å². The summed E-state index contributed by atoms with van der Waals surface area (Å²) in [7, 11) is 0. The van der Waals surface area contributed by atoms with Crippen LogP contribution in [-0.4, -0.2) is 24.4 Å². The van der Waals surface area contributed by atoms with Crippen LogP contribution in [0.5, 0.6) is 0 Å². The molecule has 0 saturated carbocycles. The van der Waals surface area contributed by atoms with E-state index in [-0.39, 0.29) is 28.5 Å². The van der Waals surface area contributed by atoms with Crippen molar-refractivity contribution in [3.63, 3.8) is 0 Å². The molecular weight excluding hydrogens is 414 g/mol. The summed E-state index contributed by atoms with van der Waals surface area (Å²) in [5.41, 5.74) is 1.67. The van der Waals surface area contributed by atoms with Crippen molar-refractivity contribution in [3.8, 4) is 17.2 Å². The summed E-state index contributed by atoms with van der Waals surface area (Å²) in [5, 5.41) is 14.4. The number of nitrogens with zero attached hydrogens (tertiary/aromatic N) is 1. The highest BCUT2D eigenvalue weighted by atomic mass is 32.1. The number of amides is 2. The van der Waals surface area contributed by atoms with Gasteiger partial charge in [0, 0.05) is 11.3 Å². The third kappa shape index (κ3) is 5.15. The summed E-state index contributed by atoms with van der Waals surface area (Å²) >= 11 is 0.962. The van der Waals surface area contributed by atoms with E-state index in [0.29, 0.717) is 16.8 Å². The van der Waals surface area contributed by atoms with Gasteiger partial charge in [0.1, 0.15) is 21.9 Å². The zero-order chi connectivity index (χ0) is 22.2. The number of ether oxygens (including phenoxy) is 1. The Kier molecular flexibility index (Phi) is 7.14. The largest absolute Gasteiger partial charge is 0.462 e. The Morgan fingerprint density at radius 1 is 1.00 bits per heavy atom. The zero-order valence-electron chi connectivity index (χ0n) is 16.7. The van der Waals surface area contributed by atoms with Crippen LogP contribution >= 0.6 is 11.3 Å². The van der Waals surface area contributed by atoms with Gasteiger partial charge in [-0.15, -0.1) is 11.3 Å². The molecule has 156 valence electrons. The van der Waals surface area contributed by atoms with Crippen LogP contribution in [0.15, 0.2) is 60.7 Å². The zero-order valence-corrected chi connectivity index (χ0v) is 17.5. The number of para-hydroxylation sites is 1. The van der Waals surface area contributed by atoms with Gasteiger partial charge in [-0.1, -0.05) is 48.5 Å². The molecule has 7 nitrogen and oxygen atoms in total. The molecule has 0 aliphatic rings. The van der Waals surface area contributed by atoms with Crippen molar-refractivity contribution in [1.29, 1.82) is 5.26 Å². The van der Waals surface area contributed by atoms with Gasteiger partial charge in [0.05, 0.1) is 12.7 Å². The predicted molar refractivity (Wildman–Crippen MR) is 119 cm³/mol. The molecule has 2 N–H and O–H groups in total. The first kappa shape index (κ1) is 21.7. The molecule has 0 spiro atoms. The Bertz CT molecular complexity index is 1130. The number of hydrogen-bond donors (Lipinski definition) is 2. The van der Waals surface area contributed by atoms with E-state index in [2.05, 4.69) is 10.6 Å². The lowest BCUT2D eigenvalue weighted by molar-refractivity contribution is -0.115. The fourth-order valence-electron chi connectivity index (χ4n) is 2.91. The predicted octanol–water partition coefficient (Wildman–Crippen LogP) is 4.70. The van der Waals surface area contributed by atoms with Gasteiger partial charge in [0.25, 0.3) is 5.91 Å². The van der Waals surface area contributed by atoms with Gasteiger partial charge in [0.15, 0.2) is 0 Å². The first-order chi connectivity index (χ1) is 15.0. The van der Waals surface area contributed by atoms with Crippen molar-refractivity contribution < 1.29 is 19.1 Å². The van der Waals surface area contributed by atoms with Crippen LogP contribution in [-0.2, 0) is 9.53 Å². The summed E-state index contributed by atoms with van der Waals surface area (Å²) in [6.45, 7) is 1.80. The molecule has 0 unspecified atom stereocenters. The van der Waals surface area contributed by atoms with Crippen LogP contribution in [0.25, 0.3) is 11.1 Å². The number of hydrogen-bond acceptors (Lipinski definition) is 6. The van der Waals surface area contributed by atoms with E-state index < -0.39 is 17.8 Å². The lowest BCUT2D eigenvalue weighted by atomic mass is 10.0. The van der Waals surface area contributed by atoms with Gasteiger partial charge < -0.3 is 15.4 Å². The number of thiophene rings is 1. The van der Waals surface area contributed by atoms with Gasteiger partial charge in [-0.2, -0.15) is 5.26 Å². The minimum absolute atomic E-state index is 0.0857. The van der Waals surface area contributed by atoms with E-state index in [1.807, 2.05) is 12.1 Å². The van der Waals surface area contributed by atoms with Crippen molar-refractivity contribution >= 4 is 39.8 Å². The number of benzene rings is 2. The number of carbonyl (C=O) groups excluding carboxylic acids is 3. The summed E-state index contributed by atoms with van der Waals surface area (Å²) in [5.74, 6) is -1.67. The molecule has 0 aliphatic carbocycles. The molecule has 2 aromatic carbocycles. The number of carbonyl (C=O) groups is 3. The fourth-order valence-corrected chi connectivity index (χ4v) is 4.03. The van der Waals surface area contributed by atoms with Crippen LogP contribution in [0, 0.1) is 11.3 Å². The van der Waals surface area contributed by atoms with E-state index in [1.165, 1.54) is 0 Å². The SMILES string of the molecule is CCOC(=O)c1c(NC(=O)CC#N)sc(C(=O)Nc2ccccc2)c1-c1ccccc1. The maximum absolute atomic E-state index is 13.1. The molecule has 0 aliphatic heterocycles. The first-order valence-electron chi connectivity index (χ1n) is 9.47. The fraction of sp³-hybridized carbons (Fsp3) is 0.130. The second-order valence-corrected chi connectivity index (χ2v) is 7.32. The standard InChI is InChI=1S/C23H19N3O4S/c1-2-30-23(29)19-18(15-9-5-3-6-10-15)20(31-22(19)26-17(27)13-14-24)21(28)25-16-11-7-4-8-12-16/h3-12H,2,13H2,1H3,(H,25,28)(H,26,27). The molecular formula is C23H19N3O4S. The quantitative estimate of drug-likeness (QED) is 0.525. The van der Waals surface area contributed by atoms with E-state index in [1.54, 1.807) is 61.5 Å². The van der Waals surface area contributed by atoms with Crippen LogP contribution in [0.2, 0.25) is 0 Å². The van der Waals surface area contributed by atoms with Crippen molar-refractivity contribution in [2.75, 3.05) is 17.2 Å². The normalized spacial score (nSPS) is 10.1. The minimum atomic E-state index is -0.663. The van der Waals surface area contributed by atoms with Crippen LogP contribution in [0.3, 0.4) is 0 Å². The highest BCUT2D eigenvalue weighted by Gasteiger charge is 2.30. The third-order valence-electron chi connectivity index (χ3n) is 4.18. The molecule has 3 rings (SSSR count). The average molecular weight is 433 g/mol. The molecule has 0 bridgehead atoms. The van der Waals surface area contributed by atoms with Crippen molar-refractivity contribution in [2.45, 2.75) is 13.3 Å². The molecule has 2 amide bonds. The molecule has 1 aromatic heterocycles. The maximum Gasteiger partial charge on any atom is 0.341 e. The van der Waals surface area contributed by atoms with Crippen molar-refractivity contribution in [2.24, 2.45) is 0 Å². The Hall–Kier alpha value is -3.96. The molecule has 0 saturated heterocycles. The van der Waals surface area contributed by atoms with Gasteiger partial charge in [-0.25, -0.2) is 4.79 Å². The number of anilines is 2. The van der Waals surface area contributed by atoms with Crippen LogP contribution in [0.4, 0.5) is 10.7 Å². The summed E-state index contributed by atoms with van der Waals surface area (Å²) in [6, 6.07) is 19.6. The van der Waals surface area contributed by atoms with E-state index >= 15 is 0 Å². The molecule has 1 heterocycles. The number of nitriles is 1. The lowest BCUT2D eigenvalue weighted by Crippen LogP contribution is -2.14. The summed E-state index contributed by atoms with van der Waals surface area (Å²) in [6.07, 6.45) is -0.383. The Labute approximate surface area is 183 Å². The monoisotopic (exact) mass is 433 g/mol. The van der Waals surface area contributed by atoms with Crippen LogP contribution in [0.1, 0.15) is 33.4 Å². The third-order valence-corrected chi connectivity index (χ3v) is 5.28. The summed E-state index contributed by atoms with van der Waals surface area (Å²) < 4.78 is 5.20. The molecule has 0 atom stereocenters. The van der Waals surface area contributed by atoms with Crippen molar-refractivity contribution in [3.05, 3.63) is 71.1 Å². The van der Waals surface area contributed by atoms with Gasteiger partial charge >= 0.3 is 5.97 Å². The van der Waals surface area contributed by atoms with Gasteiger partial charge in [0.2, 0.25) is 5.91 Å². The van der Waals surface area contributed by atoms with Crippen molar-refractivity contribution in [1.82, 2.24) is 0 Å². The maximum atomic E-state index is 13.1. The number of nitrogens with one attached hydrogen (secondary N) is 2. The summed E-state index contributed by atoms with van der Waals surface area (Å²) in [4.78, 5) is 38.3. The molecule has 31 heavy (non-hydrogen) atoms. The highest BCUT2D eigenvalue weighted by Crippen LogP contribution is 2.41. The molecule has 0 radical (unpaired) electrons. The molecule has 8 heteroatoms. The van der Waals surface area contributed by atoms with E-state index in [4.69, 9.17) is 10.00 Å². The van der Waals surface area contributed by atoms with Crippen LogP contribution < -0.4 is 10.6 Å². The highest BCUT2D eigenvalue weighted by molar-refractivity contribution is 7.19.